The Balaban J connectivity index is 1.80. The van der Waals surface area contributed by atoms with Crippen molar-refractivity contribution in [2.75, 3.05) is 0 Å². The van der Waals surface area contributed by atoms with Crippen molar-refractivity contribution in [1.82, 2.24) is 0 Å². The van der Waals surface area contributed by atoms with Crippen molar-refractivity contribution in [2.45, 2.75) is 30.5 Å². The van der Waals surface area contributed by atoms with Crippen LogP contribution in [0.25, 0.3) is 0 Å². The van der Waals surface area contributed by atoms with Crippen molar-refractivity contribution >= 4 is 27.3 Å². The maximum atomic E-state index is 13.6. The van der Waals surface area contributed by atoms with E-state index in [2.05, 4.69) is 22.0 Å². The zero-order valence-electron chi connectivity index (χ0n) is 10.3. The van der Waals surface area contributed by atoms with Crippen LogP contribution in [0, 0.1) is 11.6 Å². The second kappa shape index (κ2) is 5.33. The smallest absolute Gasteiger partial charge is 0.162 e. The molecule has 0 saturated carbocycles. The largest absolute Gasteiger partial charge is 0.204 e. The summed E-state index contributed by atoms with van der Waals surface area (Å²) in [7, 11) is 0. The lowest BCUT2D eigenvalue weighted by atomic mass is 10.1. The molecule has 1 unspecified atom stereocenters. The summed E-state index contributed by atoms with van der Waals surface area (Å²) in [5, 5.41) is 0. The molecule has 2 aromatic rings. The third-order valence-electron chi connectivity index (χ3n) is 3.51. The van der Waals surface area contributed by atoms with Gasteiger partial charge in [0.1, 0.15) is 0 Å². The van der Waals surface area contributed by atoms with E-state index in [4.69, 9.17) is 0 Å². The van der Waals surface area contributed by atoms with Gasteiger partial charge in [0.15, 0.2) is 11.6 Å². The summed E-state index contributed by atoms with van der Waals surface area (Å²) in [6, 6.07) is 6.57. The van der Waals surface area contributed by atoms with E-state index in [0.717, 1.165) is 18.9 Å². The van der Waals surface area contributed by atoms with Crippen molar-refractivity contribution in [2.24, 2.45) is 0 Å². The molecule has 0 N–H and O–H groups in total. The molecule has 0 amide bonds. The van der Waals surface area contributed by atoms with Crippen LogP contribution in [0.5, 0.6) is 0 Å². The molecule has 0 nitrogen and oxygen atoms in total. The molecule has 0 bridgehead atoms. The van der Waals surface area contributed by atoms with Crippen LogP contribution in [-0.2, 0) is 19.3 Å². The molecule has 1 aliphatic carbocycles. The first kappa shape index (κ1) is 13.3. The summed E-state index contributed by atoms with van der Waals surface area (Å²) in [5.41, 5.74) is 1.86. The minimum Gasteiger partial charge on any atom is -0.204 e. The Labute approximate surface area is 123 Å². The van der Waals surface area contributed by atoms with E-state index in [1.807, 2.05) is 0 Å². The van der Waals surface area contributed by atoms with Crippen LogP contribution in [0.2, 0.25) is 0 Å². The first-order chi connectivity index (χ1) is 9.15. The topological polar surface area (TPSA) is 0 Å². The van der Waals surface area contributed by atoms with E-state index in [1.54, 1.807) is 23.5 Å². The van der Waals surface area contributed by atoms with Crippen LogP contribution >= 0.6 is 27.3 Å². The SMILES string of the molecule is Fc1cccc(CC(Br)c2cc3c(s2)CCC3)c1F. The van der Waals surface area contributed by atoms with Gasteiger partial charge in [0, 0.05) is 9.75 Å². The lowest BCUT2D eigenvalue weighted by molar-refractivity contribution is 0.498. The summed E-state index contributed by atoms with van der Waals surface area (Å²) in [4.78, 5) is 2.73. The van der Waals surface area contributed by atoms with Crippen LogP contribution in [0.4, 0.5) is 8.78 Å². The summed E-state index contributed by atoms with van der Waals surface area (Å²) in [6.45, 7) is 0. The standard InChI is InChI=1S/C15H13BrF2S/c16-11(7-10-4-1-5-12(17)15(10)18)14-8-9-3-2-6-13(9)19-14/h1,4-5,8,11H,2-3,6-7H2. The molecule has 19 heavy (non-hydrogen) atoms. The zero-order valence-corrected chi connectivity index (χ0v) is 12.7. The molecule has 1 aromatic carbocycles. The monoisotopic (exact) mass is 342 g/mol. The average molecular weight is 343 g/mol. The van der Waals surface area contributed by atoms with Gasteiger partial charge in [-0.3, -0.25) is 0 Å². The lowest BCUT2D eigenvalue weighted by Crippen LogP contribution is -1.98. The van der Waals surface area contributed by atoms with Gasteiger partial charge < -0.3 is 0 Å². The minimum absolute atomic E-state index is 0.0550. The molecule has 1 atom stereocenters. The molecule has 1 aliphatic rings. The Morgan fingerprint density at radius 1 is 1.26 bits per heavy atom. The molecule has 0 fully saturated rings. The van der Waals surface area contributed by atoms with Crippen molar-refractivity contribution < 1.29 is 8.78 Å². The molecule has 0 radical (unpaired) electrons. The van der Waals surface area contributed by atoms with Gasteiger partial charge in [0.25, 0.3) is 0 Å². The van der Waals surface area contributed by atoms with Gasteiger partial charge in [0.2, 0.25) is 0 Å². The number of benzene rings is 1. The van der Waals surface area contributed by atoms with E-state index in [-0.39, 0.29) is 4.83 Å². The van der Waals surface area contributed by atoms with Crippen molar-refractivity contribution in [1.29, 1.82) is 0 Å². The molecular weight excluding hydrogens is 330 g/mol. The molecule has 3 rings (SSSR count). The second-order valence-corrected chi connectivity index (χ2v) is 7.11. The maximum absolute atomic E-state index is 13.6. The summed E-state index contributed by atoms with van der Waals surface area (Å²) >= 11 is 5.40. The number of hydrogen-bond acceptors (Lipinski definition) is 1. The number of rotatable bonds is 3. The summed E-state index contributed by atoms with van der Waals surface area (Å²) < 4.78 is 26.8. The van der Waals surface area contributed by atoms with Gasteiger partial charge in [-0.2, -0.15) is 0 Å². The Kier molecular flexibility index (Phi) is 3.72. The van der Waals surface area contributed by atoms with E-state index in [1.165, 1.54) is 21.7 Å². The number of hydrogen-bond donors (Lipinski definition) is 0. The summed E-state index contributed by atoms with van der Waals surface area (Å²) in [5.74, 6) is -1.50. The third-order valence-corrected chi connectivity index (χ3v) is 5.98. The Bertz CT molecular complexity index is 585. The quantitative estimate of drug-likeness (QED) is 0.673. The fourth-order valence-electron chi connectivity index (χ4n) is 2.51. The molecule has 4 heteroatoms. The Morgan fingerprint density at radius 3 is 2.89 bits per heavy atom. The van der Waals surface area contributed by atoms with Gasteiger partial charge in [-0.25, -0.2) is 8.78 Å². The van der Waals surface area contributed by atoms with Crippen LogP contribution in [-0.4, -0.2) is 0 Å². The minimum atomic E-state index is -0.772. The number of thiophene rings is 1. The van der Waals surface area contributed by atoms with Crippen LogP contribution in [0.3, 0.4) is 0 Å². The molecular formula is C15H13BrF2S. The third kappa shape index (κ3) is 2.61. The number of fused-ring (bicyclic) bond motifs is 1. The molecule has 0 spiro atoms. The highest BCUT2D eigenvalue weighted by atomic mass is 79.9. The van der Waals surface area contributed by atoms with Crippen LogP contribution in [0.1, 0.15) is 32.1 Å². The highest BCUT2D eigenvalue weighted by Gasteiger charge is 2.20. The van der Waals surface area contributed by atoms with Crippen LogP contribution < -0.4 is 0 Å². The van der Waals surface area contributed by atoms with Crippen LogP contribution in [0.15, 0.2) is 24.3 Å². The fourth-order valence-corrected chi connectivity index (χ4v) is 4.50. The predicted octanol–water partition coefficient (Wildman–Crippen LogP) is 5.19. The van der Waals surface area contributed by atoms with Crippen molar-refractivity contribution in [3.63, 3.8) is 0 Å². The first-order valence-electron chi connectivity index (χ1n) is 6.33. The van der Waals surface area contributed by atoms with Crippen molar-refractivity contribution in [3.8, 4) is 0 Å². The number of aryl methyl sites for hydroxylation is 2. The fraction of sp³-hybridized carbons (Fsp3) is 0.333. The highest BCUT2D eigenvalue weighted by molar-refractivity contribution is 9.09. The van der Waals surface area contributed by atoms with Gasteiger partial charge in [0.05, 0.1) is 4.83 Å². The maximum Gasteiger partial charge on any atom is 0.162 e. The Hall–Kier alpha value is -0.740. The number of halogens is 3. The average Bonchev–Trinajstić information content (AvgIpc) is 2.95. The molecule has 100 valence electrons. The van der Waals surface area contributed by atoms with E-state index in [0.29, 0.717) is 12.0 Å². The molecule has 0 aliphatic heterocycles. The normalized spacial score (nSPS) is 15.5. The van der Waals surface area contributed by atoms with Gasteiger partial charge in [-0.15, -0.1) is 11.3 Å². The summed E-state index contributed by atoms with van der Waals surface area (Å²) in [6.07, 6.45) is 4.03. The van der Waals surface area contributed by atoms with Gasteiger partial charge >= 0.3 is 0 Å². The highest BCUT2D eigenvalue weighted by Crippen LogP contribution is 2.38. The zero-order chi connectivity index (χ0) is 13.4. The number of alkyl halides is 1. The van der Waals surface area contributed by atoms with Gasteiger partial charge in [-0.05, 0) is 48.9 Å². The van der Waals surface area contributed by atoms with E-state index >= 15 is 0 Å². The molecule has 1 heterocycles. The lowest BCUT2D eigenvalue weighted by Gasteiger charge is -2.09. The van der Waals surface area contributed by atoms with E-state index < -0.39 is 11.6 Å². The van der Waals surface area contributed by atoms with Gasteiger partial charge in [-0.1, -0.05) is 28.1 Å². The molecule has 0 saturated heterocycles. The first-order valence-corrected chi connectivity index (χ1v) is 8.07. The van der Waals surface area contributed by atoms with E-state index in [9.17, 15) is 8.78 Å². The molecule has 1 aromatic heterocycles. The Morgan fingerprint density at radius 2 is 2.11 bits per heavy atom. The van der Waals surface area contributed by atoms with Crippen molar-refractivity contribution in [3.05, 3.63) is 56.8 Å². The second-order valence-electron chi connectivity index (χ2n) is 4.84. The predicted molar refractivity (Wildman–Crippen MR) is 78.1 cm³/mol.